The van der Waals surface area contributed by atoms with Crippen LogP contribution in [0, 0.1) is 10.7 Å². The summed E-state index contributed by atoms with van der Waals surface area (Å²) in [6.07, 6.45) is 0. The second-order valence-electron chi connectivity index (χ2n) is 3.74. The summed E-state index contributed by atoms with van der Waals surface area (Å²) in [5.41, 5.74) is 0. The van der Waals surface area contributed by atoms with Gasteiger partial charge in [-0.2, -0.15) is 0 Å². The van der Waals surface area contributed by atoms with Crippen molar-refractivity contribution in [3.05, 3.63) is 0 Å². The van der Waals surface area contributed by atoms with Gasteiger partial charge in [0, 0.05) is 18.8 Å². The van der Waals surface area contributed by atoms with Crippen LogP contribution in [0.2, 0.25) is 0 Å². The highest BCUT2D eigenvalue weighted by atomic mass is 32.2. The predicted octanol–water partition coefficient (Wildman–Crippen LogP) is 0.936. The lowest BCUT2D eigenvalue weighted by atomic mass is 10.3. The van der Waals surface area contributed by atoms with E-state index in [1.54, 1.807) is 4.31 Å². The first-order valence-corrected chi connectivity index (χ1v) is 6.30. The number of nitrogens with zero attached hydrogens (tertiary/aromatic N) is 1. The molecular weight excluding hydrogens is 188 g/mol. The fourth-order valence-corrected chi connectivity index (χ4v) is 3.25. The maximum absolute atomic E-state index is 11.9. The van der Waals surface area contributed by atoms with Crippen LogP contribution in [-0.4, -0.2) is 40.6 Å². The van der Waals surface area contributed by atoms with Crippen molar-refractivity contribution in [2.75, 3.05) is 32.1 Å². The van der Waals surface area contributed by atoms with Crippen molar-refractivity contribution in [2.45, 2.75) is 13.8 Å². The van der Waals surface area contributed by atoms with Crippen LogP contribution in [0.4, 0.5) is 0 Å². The van der Waals surface area contributed by atoms with Gasteiger partial charge in [-0.05, 0) is 5.92 Å². The van der Waals surface area contributed by atoms with Gasteiger partial charge in [0.15, 0.2) is 0 Å². The normalized spacial score (nSPS) is 24.5. The van der Waals surface area contributed by atoms with Gasteiger partial charge in [0.25, 0.3) is 0 Å². The predicted molar refractivity (Wildman–Crippen MR) is 53.0 cm³/mol. The van der Waals surface area contributed by atoms with E-state index in [9.17, 15) is 4.21 Å². The molecule has 0 aromatic heterocycles. The highest BCUT2D eigenvalue weighted by Gasteiger charge is 2.21. The lowest BCUT2D eigenvalue weighted by molar-refractivity contribution is 0.0743. The molecule has 1 fully saturated rings. The van der Waals surface area contributed by atoms with Gasteiger partial charge in [0.2, 0.25) is 0 Å². The quantitative estimate of drug-likeness (QED) is 0.747. The van der Waals surface area contributed by atoms with Crippen LogP contribution in [0.5, 0.6) is 0 Å². The third-order valence-electron chi connectivity index (χ3n) is 1.95. The smallest absolute Gasteiger partial charge is 0.108 e. The lowest BCUT2D eigenvalue weighted by Gasteiger charge is -2.28. The monoisotopic (exact) mass is 206 g/mol. The molecule has 1 heterocycles. The van der Waals surface area contributed by atoms with Crippen LogP contribution < -0.4 is 0 Å². The Bertz CT molecular complexity index is 243. The van der Waals surface area contributed by atoms with Crippen molar-refractivity contribution in [3.8, 4) is 0 Å². The number of morpholine rings is 1. The third-order valence-corrected chi connectivity index (χ3v) is 4.26. The summed E-state index contributed by atoms with van der Waals surface area (Å²) in [6, 6.07) is 0. The van der Waals surface area contributed by atoms with Crippen LogP contribution in [0.15, 0.2) is 0 Å². The molecule has 0 aliphatic carbocycles. The maximum atomic E-state index is 11.9. The molecule has 0 amide bonds. The van der Waals surface area contributed by atoms with Crippen LogP contribution in [0.25, 0.3) is 0 Å². The fraction of sp³-hybridized carbons (Fsp3) is 1.00. The Labute approximate surface area is 80.4 Å². The standard InChI is InChI=1S/C8H18N2O2S/c1-8(2)7-13(9,11)10-3-5-12-6-4-10/h8-9H,3-7H2,1-2H3. The number of nitrogens with one attached hydrogen (secondary N) is 1. The summed E-state index contributed by atoms with van der Waals surface area (Å²) in [4.78, 5) is 0. The van der Waals surface area contributed by atoms with E-state index in [-0.39, 0.29) is 0 Å². The molecule has 1 saturated heterocycles. The van der Waals surface area contributed by atoms with Gasteiger partial charge < -0.3 is 4.74 Å². The van der Waals surface area contributed by atoms with Crippen molar-refractivity contribution in [3.63, 3.8) is 0 Å². The van der Waals surface area contributed by atoms with Gasteiger partial charge in [-0.15, -0.1) is 0 Å². The second-order valence-corrected chi connectivity index (χ2v) is 5.87. The number of hydrogen-bond donors (Lipinski definition) is 1. The molecule has 0 spiro atoms. The molecular formula is C8H18N2O2S. The SMILES string of the molecule is CC(C)CS(=N)(=O)N1CCOCC1. The first-order valence-electron chi connectivity index (χ1n) is 4.61. The van der Waals surface area contributed by atoms with E-state index in [1.807, 2.05) is 13.8 Å². The van der Waals surface area contributed by atoms with Gasteiger partial charge in [-0.25, -0.2) is 13.3 Å². The van der Waals surface area contributed by atoms with Gasteiger partial charge >= 0.3 is 0 Å². The zero-order valence-electron chi connectivity index (χ0n) is 8.28. The third kappa shape index (κ3) is 3.25. The Kier molecular flexibility index (Phi) is 3.70. The van der Waals surface area contributed by atoms with Crippen LogP contribution in [-0.2, 0) is 14.7 Å². The largest absolute Gasteiger partial charge is 0.379 e. The molecule has 78 valence electrons. The molecule has 0 aromatic rings. The highest BCUT2D eigenvalue weighted by Crippen LogP contribution is 2.10. The molecule has 1 N–H and O–H groups in total. The van der Waals surface area contributed by atoms with Gasteiger partial charge in [-0.3, -0.25) is 0 Å². The topological polar surface area (TPSA) is 53.4 Å². The van der Waals surface area contributed by atoms with Gasteiger partial charge in [0.05, 0.1) is 13.2 Å². The lowest BCUT2D eigenvalue weighted by Crippen LogP contribution is -2.41. The van der Waals surface area contributed by atoms with Crippen molar-refractivity contribution in [1.82, 2.24) is 4.31 Å². The van der Waals surface area contributed by atoms with Crippen molar-refractivity contribution in [2.24, 2.45) is 5.92 Å². The highest BCUT2D eigenvalue weighted by molar-refractivity contribution is 7.90. The molecule has 4 nitrogen and oxygen atoms in total. The summed E-state index contributed by atoms with van der Waals surface area (Å²) in [6.45, 7) is 6.47. The summed E-state index contributed by atoms with van der Waals surface area (Å²) in [5.74, 6) is 0.778. The molecule has 1 atom stereocenters. The first-order chi connectivity index (χ1) is 6.02. The first kappa shape index (κ1) is 10.9. The fourth-order valence-electron chi connectivity index (χ4n) is 1.40. The summed E-state index contributed by atoms with van der Waals surface area (Å²) in [7, 11) is -2.53. The van der Waals surface area contributed by atoms with E-state index in [0.717, 1.165) is 0 Å². The van der Waals surface area contributed by atoms with Gasteiger partial charge in [-0.1, -0.05) is 13.8 Å². The number of ether oxygens (including phenoxy) is 1. The van der Waals surface area contributed by atoms with E-state index >= 15 is 0 Å². The van der Waals surface area contributed by atoms with Crippen LogP contribution >= 0.6 is 0 Å². The molecule has 0 aromatic carbocycles. The molecule has 0 saturated carbocycles. The number of rotatable bonds is 3. The minimum atomic E-state index is -2.53. The zero-order chi connectivity index (χ0) is 9.90. The Balaban J connectivity index is 2.57. The molecule has 1 rings (SSSR count). The Morgan fingerprint density at radius 1 is 1.46 bits per heavy atom. The average molecular weight is 206 g/mol. The number of hydrogen-bond acceptors (Lipinski definition) is 3. The van der Waals surface area contributed by atoms with Crippen molar-refractivity contribution in [1.29, 1.82) is 4.78 Å². The molecule has 5 heteroatoms. The van der Waals surface area contributed by atoms with E-state index in [1.165, 1.54) is 0 Å². The van der Waals surface area contributed by atoms with E-state index in [0.29, 0.717) is 38.0 Å². The molecule has 1 unspecified atom stereocenters. The summed E-state index contributed by atoms with van der Waals surface area (Å²) in [5, 5.41) is 0. The molecule has 1 aliphatic heterocycles. The Morgan fingerprint density at radius 3 is 2.46 bits per heavy atom. The van der Waals surface area contributed by atoms with Crippen LogP contribution in [0.3, 0.4) is 0 Å². The summed E-state index contributed by atoms with van der Waals surface area (Å²) >= 11 is 0. The Hall–Kier alpha value is -0.130. The molecule has 13 heavy (non-hydrogen) atoms. The van der Waals surface area contributed by atoms with Crippen molar-refractivity contribution < 1.29 is 8.95 Å². The molecule has 0 radical (unpaired) electrons. The van der Waals surface area contributed by atoms with Gasteiger partial charge in [0.1, 0.15) is 9.92 Å². The van der Waals surface area contributed by atoms with E-state index in [4.69, 9.17) is 9.52 Å². The second kappa shape index (κ2) is 4.39. The minimum absolute atomic E-state index is 0.313. The average Bonchev–Trinajstić information content (AvgIpc) is 2.04. The molecule has 1 aliphatic rings. The minimum Gasteiger partial charge on any atom is -0.379 e. The van der Waals surface area contributed by atoms with Crippen LogP contribution in [0.1, 0.15) is 13.8 Å². The van der Waals surface area contributed by atoms with Crippen molar-refractivity contribution >= 4 is 9.92 Å². The van der Waals surface area contributed by atoms with E-state index in [2.05, 4.69) is 0 Å². The Morgan fingerprint density at radius 2 is 2.00 bits per heavy atom. The zero-order valence-corrected chi connectivity index (χ0v) is 9.10. The molecule has 0 bridgehead atoms. The maximum Gasteiger partial charge on any atom is 0.108 e. The van der Waals surface area contributed by atoms with E-state index < -0.39 is 9.92 Å². The summed E-state index contributed by atoms with van der Waals surface area (Å²) < 4.78 is 26.5.